The predicted octanol–water partition coefficient (Wildman–Crippen LogP) is 3.83. The van der Waals surface area contributed by atoms with E-state index in [1.807, 2.05) is 18.3 Å². The van der Waals surface area contributed by atoms with Crippen LogP contribution in [0.4, 0.5) is 5.69 Å². The minimum absolute atomic E-state index is 0.324. The first kappa shape index (κ1) is 17.1. The number of anilines is 1. The molecule has 136 valence electrons. The topological polar surface area (TPSA) is 59.2 Å². The molecule has 1 aromatic carbocycles. The normalized spacial score (nSPS) is 20.2. The molecule has 1 aromatic heterocycles. The average molecular weight is 349 g/mol. The van der Waals surface area contributed by atoms with Crippen molar-refractivity contribution in [2.24, 2.45) is 11.7 Å². The summed E-state index contributed by atoms with van der Waals surface area (Å²) in [6.07, 6.45) is 7.98. The first-order chi connectivity index (χ1) is 12.6. The molecule has 26 heavy (non-hydrogen) atoms. The summed E-state index contributed by atoms with van der Waals surface area (Å²) in [5, 5.41) is 0. The fourth-order valence-corrected chi connectivity index (χ4v) is 4.66. The van der Waals surface area contributed by atoms with Crippen LogP contribution in [0.2, 0.25) is 0 Å². The number of pyridine rings is 1. The number of aromatic nitrogens is 1. The molecule has 1 aliphatic carbocycles. The third-order valence-electron chi connectivity index (χ3n) is 6.11. The van der Waals surface area contributed by atoms with Crippen LogP contribution in [0.1, 0.15) is 58.8 Å². The molecule has 0 bridgehead atoms. The monoisotopic (exact) mass is 349 g/mol. The van der Waals surface area contributed by atoms with Gasteiger partial charge in [-0.05, 0) is 86.3 Å². The second-order valence-electron chi connectivity index (χ2n) is 7.83. The zero-order chi connectivity index (χ0) is 18.1. The Morgan fingerprint density at radius 3 is 2.73 bits per heavy atom. The zero-order valence-electron chi connectivity index (χ0n) is 15.4. The molecular weight excluding hydrogens is 322 g/mol. The molecule has 0 radical (unpaired) electrons. The molecule has 4 nitrogen and oxygen atoms in total. The molecule has 0 spiro atoms. The molecule has 2 N–H and O–H groups in total. The molecule has 2 aromatic rings. The number of nitrogens with two attached hydrogens (primary N) is 1. The third-order valence-corrected chi connectivity index (χ3v) is 6.11. The summed E-state index contributed by atoms with van der Waals surface area (Å²) in [4.78, 5) is 18.2. The highest BCUT2D eigenvalue weighted by molar-refractivity contribution is 5.93. The summed E-state index contributed by atoms with van der Waals surface area (Å²) in [7, 11) is 0. The maximum Gasteiger partial charge on any atom is 0.248 e. The molecule has 2 aliphatic rings. The van der Waals surface area contributed by atoms with Gasteiger partial charge < -0.3 is 10.6 Å². The number of aryl methyl sites for hydroxylation is 2. The van der Waals surface area contributed by atoms with Crippen LogP contribution in [0, 0.1) is 12.8 Å². The predicted molar refractivity (Wildman–Crippen MR) is 105 cm³/mol. The lowest BCUT2D eigenvalue weighted by molar-refractivity contribution is 0.1000. The quantitative estimate of drug-likeness (QED) is 0.913. The number of nitrogens with zero attached hydrogens (tertiary/aromatic N) is 2. The van der Waals surface area contributed by atoms with Crippen molar-refractivity contribution in [1.29, 1.82) is 0 Å². The summed E-state index contributed by atoms with van der Waals surface area (Å²) < 4.78 is 0. The number of amides is 1. The smallest absolute Gasteiger partial charge is 0.248 e. The van der Waals surface area contributed by atoms with Crippen molar-refractivity contribution in [1.82, 2.24) is 4.98 Å². The molecule has 0 saturated carbocycles. The first-order valence-electron chi connectivity index (χ1n) is 9.70. The summed E-state index contributed by atoms with van der Waals surface area (Å²) in [5.41, 5.74) is 11.2. The van der Waals surface area contributed by atoms with E-state index in [9.17, 15) is 4.79 Å². The average Bonchev–Trinajstić information content (AvgIpc) is 3.04. The van der Waals surface area contributed by atoms with Crippen LogP contribution in [0.3, 0.4) is 0 Å². The van der Waals surface area contributed by atoms with Gasteiger partial charge in [0, 0.05) is 36.2 Å². The van der Waals surface area contributed by atoms with Gasteiger partial charge in [-0.15, -0.1) is 0 Å². The lowest BCUT2D eigenvalue weighted by Crippen LogP contribution is -2.34. The van der Waals surface area contributed by atoms with E-state index in [2.05, 4.69) is 35.0 Å². The number of piperidine rings is 1. The number of hydrogen-bond acceptors (Lipinski definition) is 3. The van der Waals surface area contributed by atoms with Crippen LogP contribution in [-0.4, -0.2) is 24.0 Å². The van der Waals surface area contributed by atoms with Crippen LogP contribution in [0.15, 0.2) is 36.5 Å². The number of hydrogen-bond donors (Lipinski definition) is 1. The molecule has 4 heteroatoms. The van der Waals surface area contributed by atoms with Gasteiger partial charge in [0.1, 0.15) is 0 Å². The van der Waals surface area contributed by atoms with Crippen molar-refractivity contribution in [2.45, 2.75) is 44.9 Å². The number of primary amides is 1. The molecule has 1 unspecified atom stereocenters. The van der Waals surface area contributed by atoms with Crippen LogP contribution in [0.5, 0.6) is 0 Å². The van der Waals surface area contributed by atoms with E-state index < -0.39 is 0 Å². The molecule has 2 heterocycles. The van der Waals surface area contributed by atoms with E-state index >= 15 is 0 Å². The highest BCUT2D eigenvalue weighted by Gasteiger charge is 2.28. The van der Waals surface area contributed by atoms with Crippen LogP contribution in [-0.2, 0) is 6.42 Å². The van der Waals surface area contributed by atoms with Gasteiger partial charge in [0.05, 0.1) is 0 Å². The SMILES string of the molecule is Cc1cc(N2CCC(CC3CCc4cc(C(N)=O)ccc43)CC2)ccn1. The third kappa shape index (κ3) is 3.46. The van der Waals surface area contributed by atoms with E-state index in [-0.39, 0.29) is 5.91 Å². The largest absolute Gasteiger partial charge is 0.371 e. The summed E-state index contributed by atoms with van der Waals surface area (Å²) in [6, 6.07) is 10.3. The van der Waals surface area contributed by atoms with Crippen molar-refractivity contribution >= 4 is 11.6 Å². The summed E-state index contributed by atoms with van der Waals surface area (Å²) in [6.45, 7) is 4.32. The Kier molecular flexibility index (Phi) is 4.66. The summed E-state index contributed by atoms with van der Waals surface area (Å²) >= 11 is 0. The molecule has 1 amide bonds. The minimum atomic E-state index is -0.324. The maximum absolute atomic E-state index is 11.4. The van der Waals surface area contributed by atoms with Crippen LogP contribution >= 0.6 is 0 Å². The number of benzene rings is 1. The fraction of sp³-hybridized carbons (Fsp3) is 0.455. The standard InChI is InChI=1S/C22H27N3O/c1-15-12-20(6-9-24-15)25-10-7-16(8-11-25)13-17-2-3-18-14-19(22(23)26)4-5-21(17)18/h4-6,9,12,14,16-17H,2-3,7-8,10-11,13H2,1H3,(H2,23,26). The fourth-order valence-electron chi connectivity index (χ4n) is 4.66. The van der Waals surface area contributed by atoms with Gasteiger partial charge in [0.25, 0.3) is 0 Å². The molecule has 1 aliphatic heterocycles. The number of fused-ring (bicyclic) bond motifs is 1. The zero-order valence-corrected chi connectivity index (χ0v) is 15.4. The van der Waals surface area contributed by atoms with E-state index in [0.29, 0.717) is 11.5 Å². The lowest BCUT2D eigenvalue weighted by atomic mass is 9.84. The van der Waals surface area contributed by atoms with Gasteiger partial charge in [-0.25, -0.2) is 0 Å². The maximum atomic E-state index is 11.4. The Balaban J connectivity index is 1.37. The number of carbonyl (C=O) groups is 1. The van der Waals surface area contributed by atoms with E-state index in [4.69, 9.17) is 5.73 Å². The van der Waals surface area contributed by atoms with Crippen molar-refractivity contribution in [3.8, 4) is 0 Å². The van der Waals surface area contributed by atoms with Gasteiger partial charge in [0.15, 0.2) is 0 Å². The first-order valence-corrected chi connectivity index (χ1v) is 9.70. The Labute approximate surface area is 155 Å². The second kappa shape index (κ2) is 7.10. The van der Waals surface area contributed by atoms with Gasteiger partial charge in [-0.3, -0.25) is 9.78 Å². The minimum Gasteiger partial charge on any atom is -0.371 e. The van der Waals surface area contributed by atoms with Crippen molar-refractivity contribution in [2.75, 3.05) is 18.0 Å². The van der Waals surface area contributed by atoms with E-state index in [1.54, 1.807) is 0 Å². The van der Waals surface area contributed by atoms with Crippen molar-refractivity contribution < 1.29 is 4.79 Å². The van der Waals surface area contributed by atoms with Gasteiger partial charge in [-0.1, -0.05) is 6.07 Å². The van der Waals surface area contributed by atoms with Crippen LogP contribution < -0.4 is 10.6 Å². The van der Waals surface area contributed by atoms with Gasteiger partial charge in [-0.2, -0.15) is 0 Å². The number of rotatable bonds is 4. The lowest BCUT2D eigenvalue weighted by Gasteiger charge is -2.34. The highest BCUT2D eigenvalue weighted by Crippen LogP contribution is 2.40. The van der Waals surface area contributed by atoms with Crippen molar-refractivity contribution in [3.63, 3.8) is 0 Å². The Bertz CT molecular complexity index is 809. The molecule has 4 rings (SSSR count). The molecular formula is C22H27N3O. The van der Waals surface area contributed by atoms with E-state index in [0.717, 1.165) is 31.1 Å². The van der Waals surface area contributed by atoms with Crippen LogP contribution in [0.25, 0.3) is 0 Å². The van der Waals surface area contributed by atoms with Gasteiger partial charge in [0.2, 0.25) is 5.91 Å². The number of carbonyl (C=O) groups excluding carboxylic acids is 1. The van der Waals surface area contributed by atoms with Gasteiger partial charge >= 0.3 is 0 Å². The molecule has 1 atom stereocenters. The highest BCUT2D eigenvalue weighted by atomic mass is 16.1. The van der Waals surface area contributed by atoms with E-state index in [1.165, 1.54) is 42.5 Å². The molecule has 1 saturated heterocycles. The second-order valence-corrected chi connectivity index (χ2v) is 7.83. The molecule has 1 fully saturated rings. The van der Waals surface area contributed by atoms with Crippen molar-refractivity contribution in [3.05, 3.63) is 58.9 Å². The Morgan fingerprint density at radius 1 is 1.19 bits per heavy atom. The Morgan fingerprint density at radius 2 is 2.00 bits per heavy atom. The Hall–Kier alpha value is -2.36. The summed E-state index contributed by atoms with van der Waals surface area (Å²) in [5.74, 6) is 1.11.